The molecule has 1 atom stereocenters. The molecule has 1 aliphatic heterocycles. The average molecular weight is 493 g/mol. The Morgan fingerprint density at radius 3 is 2.37 bits per heavy atom. The Kier molecular flexibility index (Phi) is 6.90. The van der Waals surface area contributed by atoms with Gasteiger partial charge in [0.15, 0.2) is 0 Å². The number of amides is 1. The number of para-hydroxylation sites is 1. The van der Waals surface area contributed by atoms with Crippen LogP contribution in [0.3, 0.4) is 0 Å². The molecule has 0 bridgehead atoms. The molecule has 0 saturated carbocycles. The van der Waals surface area contributed by atoms with Gasteiger partial charge in [0.1, 0.15) is 11.4 Å². The molecule has 0 aromatic heterocycles. The first-order chi connectivity index (χ1) is 16.7. The molecular formula is C28H32N2O4S. The van der Waals surface area contributed by atoms with Crippen LogP contribution in [-0.2, 0) is 10.0 Å². The summed E-state index contributed by atoms with van der Waals surface area (Å²) in [5.41, 5.74) is 3.08. The molecule has 7 heteroatoms. The van der Waals surface area contributed by atoms with Crippen LogP contribution < -0.4 is 14.8 Å². The van der Waals surface area contributed by atoms with E-state index < -0.39 is 10.0 Å². The minimum absolute atomic E-state index is 0.173. The second-order valence-electron chi connectivity index (χ2n) is 9.21. The van der Waals surface area contributed by atoms with Gasteiger partial charge < -0.3 is 10.1 Å². The van der Waals surface area contributed by atoms with Crippen LogP contribution in [0.4, 0.5) is 5.69 Å². The predicted octanol–water partition coefficient (Wildman–Crippen LogP) is 5.92. The van der Waals surface area contributed by atoms with Crippen molar-refractivity contribution >= 4 is 21.6 Å². The van der Waals surface area contributed by atoms with E-state index in [2.05, 4.69) is 23.9 Å². The van der Waals surface area contributed by atoms with Gasteiger partial charge in [-0.3, -0.25) is 9.52 Å². The smallest absolute Gasteiger partial charge is 0.261 e. The van der Waals surface area contributed by atoms with Crippen LogP contribution >= 0.6 is 0 Å². The highest BCUT2D eigenvalue weighted by molar-refractivity contribution is 7.92. The summed E-state index contributed by atoms with van der Waals surface area (Å²) in [5.74, 6) is 0.534. The number of fused-ring (bicyclic) bond motifs is 1. The highest BCUT2D eigenvalue weighted by Gasteiger charge is 2.39. The van der Waals surface area contributed by atoms with E-state index in [9.17, 15) is 13.2 Å². The van der Waals surface area contributed by atoms with Gasteiger partial charge in [-0.05, 0) is 62.6 Å². The third kappa shape index (κ3) is 5.20. The zero-order valence-corrected chi connectivity index (χ0v) is 21.4. The second kappa shape index (κ2) is 9.74. The van der Waals surface area contributed by atoms with E-state index in [4.69, 9.17) is 4.74 Å². The van der Waals surface area contributed by atoms with Crippen LogP contribution in [0.15, 0.2) is 71.6 Å². The van der Waals surface area contributed by atoms with E-state index in [1.807, 2.05) is 31.2 Å². The van der Waals surface area contributed by atoms with Crippen LogP contribution in [0.25, 0.3) is 0 Å². The van der Waals surface area contributed by atoms with Gasteiger partial charge in [-0.25, -0.2) is 8.42 Å². The Labute approximate surface area is 207 Å². The fourth-order valence-corrected chi connectivity index (χ4v) is 5.59. The first-order valence-electron chi connectivity index (χ1n) is 12.0. The lowest BCUT2D eigenvalue weighted by atomic mass is 9.83. The number of hydrogen-bond donors (Lipinski definition) is 2. The Bertz CT molecular complexity index is 1330. The molecule has 1 heterocycles. The Morgan fingerprint density at radius 1 is 1.00 bits per heavy atom. The molecule has 1 aliphatic rings. The maximum absolute atomic E-state index is 13.3. The van der Waals surface area contributed by atoms with Crippen LogP contribution in [0, 0.1) is 13.8 Å². The number of ether oxygens (including phenoxy) is 1. The SMILES string of the molecule is CCC1(CC)C[C@@H](NC(=O)c2ccc(C)c(NS(=O)(=O)c3ccc(C)cc3)c2)c2ccccc2O1. The molecule has 2 N–H and O–H groups in total. The number of anilines is 1. The van der Waals surface area contributed by atoms with Crippen molar-refractivity contribution in [3.63, 3.8) is 0 Å². The van der Waals surface area contributed by atoms with Gasteiger partial charge in [0.05, 0.1) is 16.6 Å². The number of nitrogens with one attached hydrogen (secondary N) is 2. The summed E-state index contributed by atoms with van der Waals surface area (Å²) in [6.45, 7) is 7.91. The number of hydrogen-bond acceptors (Lipinski definition) is 4. The monoisotopic (exact) mass is 492 g/mol. The molecule has 3 aromatic carbocycles. The number of sulfonamides is 1. The Hall–Kier alpha value is -3.32. The molecular weight excluding hydrogens is 460 g/mol. The number of carbonyl (C=O) groups excluding carboxylic acids is 1. The normalized spacial score (nSPS) is 16.6. The first kappa shape index (κ1) is 24.8. The molecule has 0 saturated heterocycles. The molecule has 0 fully saturated rings. The van der Waals surface area contributed by atoms with Crippen LogP contribution in [0.2, 0.25) is 0 Å². The summed E-state index contributed by atoms with van der Waals surface area (Å²) in [6, 6.07) is 19.3. The lowest BCUT2D eigenvalue weighted by Gasteiger charge is -2.41. The summed E-state index contributed by atoms with van der Waals surface area (Å²) < 4.78 is 34.8. The molecule has 4 rings (SSSR count). The Morgan fingerprint density at radius 2 is 1.69 bits per heavy atom. The van der Waals surface area contributed by atoms with Gasteiger partial charge in [0, 0.05) is 17.5 Å². The fraction of sp³-hybridized carbons (Fsp3) is 0.321. The van der Waals surface area contributed by atoms with E-state index in [-0.39, 0.29) is 22.4 Å². The van der Waals surface area contributed by atoms with Crippen molar-refractivity contribution in [2.24, 2.45) is 0 Å². The fourth-order valence-electron chi connectivity index (χ4n) is 4.47. The lowest BCUT2D eigenvalue weighted by molar-refractivity contribution is 0.0227. The molecule has 6 nitrogen and oxygen atoms in total. The lowest BCUT2D eigenvalue weighted by Crippen LogP contribution is -2.44. The van der Waals surface area contributed by atoms with Gasteiger partial charge in [0.2, 0.25) is 0 Å². The predicted molar refractivity (Wildman–Crippen MR) is 138 cm³/mol. The molecule has 184 valence electrons. The number of rotatable bonds is 7. The summed E-state index contributed by atoms with van der Waals surface area (Å²) in [7, 11) is -3.78. The van der Waals surface area contributed by atoms with Crippen molar-refractivity contribution in [3.05, 3.63) is 89.0 Å². The minimum atomic E-state index is -3.78. The first-order valence-corrected chi connectivity index (χ1v) is 13.4. The third-order valence-electron chi connectivity index (χ3n) is 6.87. The third-order valence-corrected chi connectivity index (χ3v) is 8.25. The van der Waals surface area contributed by atoms with Gasteiger partial charge in [-0.2, -0.15) is 0 Å². The topological polar surface area (TPSA) is 84.5 Å². The van der Waals surface area contributed by atoms with E-state index in [1.165, 1.54) is 0 Å². The maximum Gasteiger partial charge on any atom is 0.261 e. The van der Waals surface area contributed by atoms with Crippen molar-refractivity contribution in [2.45, 2.75) is 63.5 Å². The standard InChI is InChI=1S/C28H32N2O4S/c1-5-28(6-2)18-25(23-9-7-8-10-26(23)34-28)29-27(31)21-14-13-20(4)24(17-21)30-35(32,33)22-15-11-19(3)12-16-22/h7-17,25,30H,5-6,18H2,1-4H3,(H,29,31)/t25-/m1/s1. The molecule has 1 amide bonds. The van der Waals surface area contributed by atoms with Crippen molar-refractivity contribution in [2.75, 3.05) is 4.72 Å². The Balaban J connectivity index is 1.59. The minimum Gasteiger partial charge on any atom is -0.487 e. The highest BCUT2D eigenvalue weighted by Crippen LogP contribution is 2.42. The van der Waals surface area contributed by atoms with E-state index in [0.29, 0.717) is 17.7 Å². The largest absolute Gasteiger partial charge is 0.487 e. The van der Waals surface area contributed by atoms with Gasteiger partial charge in [0.25, 0.3) is 15.9 Å². The van der Waals surface area contributed by atoms with E-state index >= 15 is 0 Å². The molecule has 0 unspecified atom stereocenters. The van der Waals surface area contributed by atoms with Crippen LogP contribution in [0.1, 0.15) is 66.2 Å². The van der Waals surface area contributed by atoms with Crippen molar-refractivity contribution in [3.8, 4) is 5.75 Å². The summed E-state index contributed by atoms with van der Waals surface area (Å²) >= 11 is 0. The molecule has 0 aliphatic carbocycles. The number of benzene rings is 3. The quantitative estimate of drug-likeness (QED) is 0.429. The summed E-state index contributed by atoms with van der Waals surface area (Å²) in [5, 5.41) is 3.17. The number of carbonyl (C=O) groups is 1. The van der Waals surface area contributed by atoms with Crippen LogP contribution in [0.5, 0.6) is 5.75 Å². The maximum atomic E-state index is 13.3. The average Bonchev–Trinajstić information content (AvgIpc) is 2.85. The van der Waals surface area contributed by atoms with Crippen molar-refractivity contribution in [1.29, 1.82) is 0 Å². The highest BCUT2D eigenvalue weighted by atomic mass is 32.2. The molecule has 3 aromatic rings. The molecule has 0 spiro atoms. The zero-order valence-electron chi connectivity index (χ0n) is 20.6. The number of aryl methyl sites for hydroxylation is 2. The summed E-state index contributed by atoms with van der Waals surface area (Å²) in [4.78, 5) is 13.5. The van der Waals surface area contributed by atoms with Gasteiger partial charge in [-0.15, -0.1) is 0 Å². The van der Waals surface area contributed by atoms with E-state index in [0.717, 1.165) is 35.3 Å². The van der Waals surface area contributed by atoms with Crippen LogP contribution in [-0.4, -0.2) is 19.9 Å². The second-order valence-corrected chi connectivity index (χ2v) is 10.9. The van der Waals surface area contributed by atoms with Crippen molar-refractivity contribution in [1.82, 2.24) is 5.32 Å². The van der Waals surface area contributed by atoms with Gasteiger partial charge >= 0.3 is 0 Å². The van der Waals surface area contributed by atoms with Crippen molar-refractivity contribution < 1.29 is 17.9 Å². The molecule has 0 radical (unpaired) electrons. The van der Waals surface area contributed by atoms with E-state index in [1.54, 1.807) is 49.4 Å². The zero-order chi connectivity index (χ0) is 25.2. The van der Waals surface area contributed by atoms with Gasteiger partial charge in [-0.1, -0.05) is 55.8 Å². The molecule has 35 heavy (non-hydrogen) atoms. The summed E-state index contributed by atoms with van der Waals surface area (Å²) in [6.07, 6.45) is 2.33.